The van der Waals surface area contributed by atoms with Crippen molar-refractivity contribution in [2.24, 2.45) is 0 Å². The minimum atomic E-state index is -3.60. The number of ether oxygens (including phenoxy) is 1. The predicted molar refractivity (Wildman–Crippen MR) is 114 cm³/mol. The summed E-state index contributed by atoms with van der Waals surface area (Å²) in [6.45, 7) is 0.537. The number of aliphatic hydroxyl groups excluding tert-OH is 1. The minimum absolute atomic E-state index is 0.0894. The van der Waals surface area contributed by atoms with Crippen molar-refractivity contribution in [2.75, 3.05) is 51.3 Å². The fourth-order valence-electron chi connectivity index (χ4n) is 3.22. The number of aliphatic hydroxyl groups is 1. The molecule has 0 radical (unpaired) electrons. The van der Waals surface area contributed by atoms with Crippen LogP contribution in [0.15, 0.2) is 59.5 Å². The van der Waals surface area contributed by atoms with Gasteiger partial charge in [-0.25, -0.2) is 13.2 Å². The first kappa shape index (κ1) is 22.7. The van der Waals surface area contributed by atoms with Crippen LogP contribution in [0.5, 0.6) is 0 Å². The van der Waals surface area contributed by atoms with Crippen LogP contribution < -0.4 is 5.32 Å². The zero-order chi connectivity index (χ0) is 22.3. The highest BCUT2D eigenvalue weighted by Gasteiger charge is 2.30. The van der Waals surface area contributed by atoms with Crippen molar-refractivity contribution >= 4 is 27.6 Å². The van der Waals surface area contributed by atoms with Crippen LogP contribution in [0.25, 0.3) is 0 Å². The molecule has 2 aromatic rings. The van der Waals surface area contributed by atoms with Gasteiger partial charge in [0, 0.05) is 38.4 Å². The summed E-state index contributed by atoms with van der Waals surface area (Å²) in [7, 11) is -3.60. The van der Waals surface area contributed by atoms with Gasteiger partial charge < -0.3 is 20.1 Å². The van der Waals surface area contributed by atoms with Crippen LogP contribution in [0.4, 0.5) is 5.69 Å². The van der Waals surface area contributed by atoms with Gasteiger partial charge in [-0.2, -0.15) is 4.31 Å². The fraction of sp³-hybridized carbons (Fsp3) is 0.333. The fourth-order valence-corrected chi connectivity index (χ4v) is 4.66. The Balaban J connectivity index is 1.52. The van der Waals surface area contributed by atoms with E-state index >= 15 is 0 Å². The lowest BCUT2D eigenvalue weighted by Gasteiger charge is -2.33. The lowest BCUT2D eigenvalue weighted by atomic mass is 10.2. The van der Waals surface area contributed by atoms with Gasteiger partial charge in [0.15, 0.2) is 6.61 Å². The highest BCUT2D eigenvalue weighted by Crippen LogP contribution is 2.18. The van der Waals surface area contributed by atoms with Gasteiger partial charge in [-0.1, -0.05) is 30.3 Å². The first-order valence-corrected chi connectivity index (χ1v) is 11.3. The first-order valence-electron chi connectivity index (χ1n) is 9.87. The first-order chi connectivity index (χ1) is 14.9. The molecule has 1 aliphatic heterocycles. The predicted octanol–water partition coefficient (Wildman–Crippen LogP) is 0.781. The van der Waals surface area contributed by atoms with Crippen LogP contribution in [0.2, 0.25) is 0 Å². The van der Waals surface area contributed by atoms with Crippen LogP contribution in [-0.4, -0.2) is 80.5 Å². The van der Waals surface area contributed by atoms with Gasteiger partial charge >= 0.3 is 5.97 Å². The maximum Gasteiger partial charge on any atom is 0.340 e. The summed E-state index contributed by atoms with van der Waals surface area (Å²) in [5, 5.41) is 11.9. The lowest BCUT2D eigenvalue weighted by molar-refractivity contribution is -0.135. The molecule has 1 amide bonds. The summed E-state index contributed by atoms with van der Waals surface area (Å²) < 4.78 is 31.9. The molecule has 166 valence electrons. The summed E-state index contributed by atoms with van der Waals surface area (Å²) in [5.74, 6) is -1.04. The van der Waals surface area contributed by atoms with E-state index < -0.39 is 22.6 Å². The van der Waals surface area contributed by atoms with Gasteiger partial charge in [-0.15, -0.1) is 0 Å². The molecule has 1 aliphatic rings. The molecule has 3 rings (SSSR count). The second-order valence-electron chi connectivity index (χ2n) is 6.87. The van der Waals surface area contributed by atoms with Crippen LogP contribution in [0.1, 0.15) is 10.4 Å². The summed E-state index contributed by atoms with van der Waals surface area (Å²) in [4.78, 5) is 26.5. The van der Waals surface area contributed by atoms with E-state index in [2.05, 4.69) is 5.32 Å². The molecule has 1 saturated heterocycles. The van der Waals surface area contributed by atoms with Crippen LogP contribution in [-0.2, 0) is 19.6 Å². The Morgan fingerprint density at radius 2 is 1.61 bits per heavy atom. The third-order valence-corrected chi connectivity index (χ3v) is 6.79. The average Bonchev–Trinajstić information content (AvgIpc) is 2.81. The van der Waals surface area contributed by atoms with E-state index in [1.807, 2.05) is 0 Å². The topological polar surface area (TPSA) is 116 Å². The van der Waals surface area contributed by atoms with Crippen molar-refractivity contribution in [3.05, 3.63) is 60.2 Å². The van der Waals surface area contributed by atoms with Gasteiger partial charge in [0.05, 0.1) is 17.1 Å². The molecule has 1 fully saturated rings. The van der Waals surface area contributed by atoms with Crippen molar-refractivity contribution in [1.29, 1.82) is 0 Å². The van der Waals surface area contributed by atoms with Crippen LogP contribution in [0, 0.1) is 0 Å². The Labute approximate surface area is 181 Å². The molecule has 0 unspecified atom stereocenters. The van der Waals surface area contributed by atoms with Gasteiger partial charge in [0.2, 0.25) is 10.0 Å². The van der Waals surface area contributed by atoms with Crippen molar-refractivity contribution in [3.8, 4) is 0 Å². The van der Waals surface area contributed by atoms with E-state index in [4.69, 9.17) is 9.84 Å². The minimum Gasteiger partial charge on any atom is -0.452 e. The van der Waals surface area contributed by atoms with E-state index in [0.29, 0.717) is 5.69 Å². The van der Waals surface area contributed by atoms with E-state index in [1.165, 1.54) is 9.21 Å². The number of nitrogens with zero attached hydrogens (tertiary/aromatic N) is 2. The van der Waals surface area contributed by atoms with Crippen LogP contribution >= 0.6 is 0 Å². The third-order valence-electron chi connectivity index (χ3n) is 4.87. The van der Waals surface area contributed by atoms with Crippen molar-refractivity contribution in [3.63, 3.8) is 0 Å². The number of carbonyl (C=O) groups is 2. The molecule has 0 saturated carbocycles. The van der Waals surface area contributed by atoms with Gasteiger partial charge in [-0.3, -0.25) is 4.79 Å². The average molecular weight is 448 g/mol. The Morgan fingerprint density at radius 3 is 2.29 bits per heavy atom. The van der Waals surface area contributed by atoms with Crippen molar-refractivity contribution in [2.45, 2.75) is 4.90 Å². The number of hydrogen-bond donors (Lipinski definition) is 2. The largest absolute Gasteiger partial charge is 0.452 e. The SMILES string of the molecule is O=C(OCC(=O)N1CCN(S(=O)(=O)c2ccccc2)CC1)c1ccccc1NCCO. The van der Waals surface area contributed by atoms with Crippen molar-refractivity contribution in [1.82, 2.24) is 9.21 Å². The molecule has 9 nitrogen and oxygen atoms in total. The molecule has 2 N–H and O–H groups in total. The number of hydrogen-bond acceptors (Lipinski definition) is 7. The molecular formula is C21H25N3O6S. The van der Waals surface area contributed by atoms with Gasteiger partial charge in [0.1, 0.15) is 0 Å². The van der Waals surface area contributed by atoms with E-state index in [-0.39, 0.29) is 55.7 Å². The number of piperazine rings is 1. The molecule has 0 spiro atoms. The molecule has 31 heavy (non-hydrogen) atoms. The summed E-state index contributed by atoms with van der Waals surface area (Å²) in [6, 6.07) is 14.8. The Bertz CT molecular complexity index is 1000. The highest BCUT2D eigenvalue weighted by atomic mass is 32.2. The van der Waals surface area contributed by atoms with E-state index in [0.717, 1.165) is 0 Å². The number of rotatable bonds is 8. The summed E-state index contributed by atoms with van der Waals surface area (Å²) in [6.07, 6.45) is 0. The number of benzene rings is 2. The van der Waals surface area contributed by atoms with Gasteiger partial charge in [-0.05, 0) is 24.3 Å². The molecule has 0 bridgehead atoms. The zero-order valence-corrected chi connectivity index (χ0v) is 17.8. The maximum absolute atomic E-state index is 12.7. The zero-order valence-electron chi connectivity index (χ0n) is 16.9. The standard InChI is InChI=1S/C21H25N3O6S/c25-15-10-22-19-9-5-4-8-18(19)21(27)30-16-20(26)23-11-13-24(14-12-23)31(28,29)17-6-2-1-3-7-17/h1-9,22,25H,10-16H2. The maximum atomic E-state index is 12.7. The van der Waals surface area contributed by atoms with Gasteiger partial charge in [0.25, 0.3) is 5.91 Å². The Hall–Kier alpha value is -2.95. The second-order valence-corrected chi connectivity index (χ2v) is 8.81. The summed E-state index contributed by atoms with van der Waals surface area (Å²) >= 11 is 0. The Kier molecular flexibility index (Phi) is 7.61. The molecule has 0 aromatic heterocycles. The smallest absolute Gasteiger partial charge is 0.340 e. The number of sulfonamides is 1. The van der Waals surface area contributed by atoms with E-state index in [9.17, 15) is 18.0 Å². The molecule has 10 heteroatoms. The molecular weight excluding hydrogens is 422 g/mol. The number of para-hydroxylation sites is 1. The molecule has 2 aromatic carbocycles. The quantitative estimate of drug-likeness (QED) is 0.575. The highest BCUT2D eigenvalue weighted by molar-refractivity contribution is 7.89. The Morgan fingerprint density at radius 1 is 0.968 bits per heavy atom. The molecule has 0 atom stereocenters. The molecule has 0 aliphatic carbocycles. The number of carbonyl (C=O) groups excluding carboxylic acids is 2. The van der Waals surface area contributed by atoms with E-state index in [1.54, 1.807) is 54.6 Å². The number of amides is 1. The second kappa shape index (κ2) is 10.4. The number of anilines is 1. The number of nitrogens with one attached hydrogen (secondary N) is 1. The third kappa shape index (κ3) is 5.60. The van der Waals surface area contributed by atoms with Crippen LogP contribution in [0.3, 0.4) is 0 Å². The normalized spacial score (nSPS) is 14.8. The summed E-state index contributed by atoms with van der Waals surface area (Å²) in [5.41, 5.74) is 0.774. The molecule has 1 heterocycles. The monoisotopic (exact) mass is 447 g/mol. The number of esters is 1. The van der Waals surface area contributed by atoms with Crippen molar-refractivity contribution < 1.29 is 27.9 Å². The lowest BCUT2D eigenvalue weighted by Crippen LogP contribution is -2.51.